The van der Waals surface area contributed by atoms with E-state index in [1.54, 1.807) is 18.5 Å². The van der Waals surface area contributed by atoms with Crippen molar-refractivity contribution in [3.05, 3.63) is 30.1 Å². The summed E-state index contributed by atoms with van der Waals surface area (Å²) >= 11 is 0. The number of anilines is 1. The first-order valence-electron chi connectivity index (χ1n) is 11.1. The van der Waals surface area contributed by atoms with E-state index >= 15 is 0 Å². The van der Waals surface area contributed by atoms with Crippen LogP contribution in [-0.2, 0) is 4.79 Å². The molecule has 1 N–H and O–H groups in total. The molecule has 8 heteroatoms. The molecule has 0 bridgehead atoms. The van der Waals surface area contributed by atoms with E-state index in [2.05, 4.69) is 50.0 Å². The highest BCUT2D eigenvalue weighted by atomic mass is 16.1. The van der Waals surface area contributed by atoms with Crippen LogP contribution >= 0.6 is 0 Å². The average Bonchev–Trinajstić information content (AvgIpc) is 2.79. The Bertz CT molecular complexity index is 964. The highest BCUT2D eigenvalue weighted by molar-refractivity contribution is 5.92. The van der Waals surface area contributed by atoms with Crippen LogP contribution in [0.25, 0.3) is 11.0 Å². The first-order chi connectivity index (χ1) is 15.0. The van der Waals surface area contributed by atoms with Crippen molar-refractivity contribution in [3.8, 4) is 6.07 Å². The Morgan fingerprint density at radius 3 is 2.65 bits per heavy atom. The number of amides is 1. The summed E-state index contributed by atoms with van der Waals surface area (Å²) in [6, 6.07) is 5.94. The third-order valence-corrected chi connectivity index (χ3v) is 6.42. The summed E-state index contributed by atoms with van der Waals surface area (Å²) in [6.45, 7) is 9.61. The van der Waals surface area contributed by atoms with Gasteiger partial charge in [-0.1, -0.05) is 6.92 Å². The molecule has 164 valence electrons. The maximum Gasteiger partial charge on any atom is 0.224 e. The van der Waals surface area contributed by atoms with Gasteiger partial charge < -0.3 is 15.1 Å². The van der Waals surface area contributed by atoms with Gasteiger partial charge >= 0.3 is 0 Å². The van der Waals surface area contributed by atoms with Crippen LogP contribution in [0.5, 0.6) is 0 Å². The molecule has 1 aromatic heterocycles. The first-order valence-corrected chi connectivity index (χ1v) is 11.1. The van der Waals surface area contributed by atoms with Gasteiger partial charge in [-0.3, -0.25) is 19.7 Å². The van der Waals surface area contributed by atoms with E-state index in [1.807, 2.05) is 6.07 Å². The number of carbonyl (C=O) groups excluding carboxylic acids is 1. The number of benzene rings is 1. The molecule has 2 saturated heterocycles. The lowest BCUT2D eigenvalue weighted by atomic mass is 9.89. The third kappa shape index (κ3) is 4.94. The van der Waals surface area contributed by atoms with Gasteiger partial charge in [0.05, 0.1) is 17.2 Å². The minimum absolute atomic E-state index is 0.0568. The van der Waals surface area contributed by atoms with Gasteiger partial charge in [0.1, 0.15) is 17.1 Å². The molecule has 0 spiro atoms. The molecular weight excluding hydrogens is 390 g/mol. The number of hydrogen-bond acceptors (Lipinski definition) is 7. The fourth-order valence-corrected chi connectivity index (χ4v) is 4.68. The van der Waals surface area contributed by atoms with Crippen molar-refractivity contribution in [1.82, 2.24) is 25.1 Å². The van der Waals surface area contributed by atoms with Crippen LogP contribution in [-0.4, -0.2) is 85.1 Å². The van der Waals surface area contributed by atoms with Crippen molar-refractivity contribution in [2.75, 3.05) is 64.3 Å². The molecule has 8 nitrogen and oxygen atoms in total. The molecule has 31 heavy (non-hydrogen) atoms. The Morgan fingerprint density at radius 1 is 1.16 bits per heavy atom. The predicted molar refractivity (Wildman–Crippen MR) is 121 cm³/mol. The Kier molecular flexibility index (Phi) is 6.64. The van der Waals surface area contributed by atoms with Crippen LogP contribution in [0.2, 0.25) is 0 Å². The number of fused-ring (bicyclic) bond motifs is 1. The quantitative estimate of drug-likeness (QED) is 0.779. The Labute approximate surface area is 183 Å². The molecule has 0 radical (unpaired) electrons. The van der Waals surface area contributed by atoms with Crippen molar-refractivity contribution in [2.24, 2.45) is 11.8 Å². The lowest BCUT2D eigenvalue weighted by molar-refractivity contribution is -0.125. The van der Waals surface area contributed by atoms with E-state index in [1.165, 1.54) is 0 Å². The number of hydrogen-bond donors (Lipinski definition) is 1. The van der Waals surface area contributed by atoms with Gasteiger partial charge in [-0.25, -0.2) is 0 Å². The van der Waals surface area contributed by atoms with Gasteiger partial charge in [-0.15, -0.1) is 0 Å². The number of nitrogens with zero attached hydrogens (tertiary/aromatic N) is 6. The second kappa shape index (κ2) is 9.58. The molecule has 2 aliphatic rings. The van der Waals surface area contributed by atoms with Crippen LogP contribution in [0.4, 0.5) is 5.69 Å². The number of piperazine rings is 1. The Morgan fingerprint density at radius 2 is 1.90 bits per heavy atom. The molecule has 2 atom stereocenters. The van der Waals surface area contributed by atoms with Crippen molar-refractivity contribution in [3.63, 3.8) is 0 Å². The normalized spacial score (nSPS) is 22.9. The van der Waals surface area contributed by atoms with Gasteiger partial charge in [-0.2, -0.15) is 5.26 Å². The second-order valence-electron chi connectivity index (χ2n) is 8.88. The van der Waals surface area contributed by atoms with Gasteiger partial charge in [0.15, 0.2) is 0 Å². The van der Waals surface area contributed by atoms with Crippen molar-refractivity contribution < 1.29 is 4.79 Å². The molecule has 2 aromatic rings. The number of nitriles is 1. The summed E-state index contributed by atoms with van der Waals surface area (Å²) in [7, 11) is 2.15. The summed E-state index contributed by atoms with van der Waals surface area (Å²) in [6.07, 6.45) is 4.15. The van der Waals surface area contributed by atoms with E-state index < -0.39 is 0 Å². The molecule has 1 amide bonds. The van der Waals surface area contributed by atoms with E-state index in [0.717, 1.165) is 56.9 Å². The molecule has 0 aliphatic carbocycles. The second-order valence-corrected chi connectivity index (χ2v) is 8.88. The van der Waals surface area contributed by atoms with Crippen molar-refractivity contribution in [1.29, 1.82) is 5.26 Å². The maximum atomic E-state index is 12.9. The zero-order chi connectivity index (χ0) is 21.8. The highest BCUT2D eigenvalue weighted by Crippen LogP contribution is 2.31. The summed E-state index contributed by atoms with van der Waals surface area (Å²) in [5.74, 6) is 0.470. The number of carbonyl (C=O) groups is 1. The first kappa shape index (κ1) is 21.5. The number of likely N-dealkylation sites (N-methyl/N-ethyl adjacent to an activating group) is 1. The lowest BCUT2D eigenvalue weighted by Crippen LogP contribution is -2.49. The molecule has 0 saturated carbocycles. The standard InChI is InChI=1S/C23H31N7O/c1-17-13-19(23(31)27-7-8-29-11-9-28(2)10-12-29)16-30(15-17)20-4-3-18(14-24)21-22(20)26-6-5-25-21/h3-6,17,19H,7-13,15-16H2,1-2H3,(H,27,31). The third-order valence-electron chi connectivity index (χ3n) is 6.42. The zero-order valence-electron chi connectivity index (χ0n) is 18.4. The van der Waals surface area contributed by atoms with E-state index in [4.69, 9.17) is 0 Å². The number of rotatable bonds is 5. The fourth-order valence-electron chi connectivity index (χ4n) is 4.68. The molecule has 2 aliphatic heterocycles. The maximum absolute atomic E-state index is 12.9. The molecule has 4 rings (SSSR count). The van der Waals surface area contributed by atoms with E-state index in [0.29, 0.717) is 30.1 Å². The topological polar surface area (TPSA) is 88.4 Å². The summed E-state index contributed by atoms with van der Waals surface area (Å²) < 4.78 is 0. The van der Waals surface area contributed by atoms with E-state index in [-0.39, 0.29) is 11.8 Å². The minimum atomic E-state index is -0.0568. The fraction of sp³-hybridized carbons (Fsp3) is 0.565. The molecular formula is C23H31N7O. The van der Waals surface area contributed by atoms with Gasteiger partial charge in [0.2, 0.25) is 5.91 Å². The van der Waals surface area contributed by atoms with Crippen molar-refractivity contribution in [2.45, 2.75) is 13.3 Å². The SMILES string of the molecule is CC1CC(C(=O)NCCN2CCN(C)CC2)CN(c2ccc(C#N)c3nccnc23)C1. The number of nitrogens with one attached hydrogen (secondary N) is 1. The Hall–Kier alpha value is -2.76. The molecule has 1 aromatic carbocycles. The van der Waals surface area contributed by atoms with Crippen LogP contribution < -0.4 is 10.2 Å². The molecule has 2 unspecified atom stereocenters. The summed E-state index contributed by atoms with van der Waals surface area (Å²) in [5.41, 5.74) is 2.82. The van der Waals surface area contributed by atoms with E-state index in [9.17, 15) is 10.1 Å². The average molecular weight is 422 g/mol. The van der Waals surface area contributed by atoms with Gasteiger partial charge in [0, 0.05) is 64.8 Å². The number of piperidine rings is 1. The number of aromatic nitrogens is 2. The van der Waals surface area contributed by atoms with Crippen LogP contribution in [0, 0.1) is 23.2 Å². The Balaban J connectivity index is 1.41. The minimum Gasteiger partial charge on any atom is -0.369 e. The summed E-state index contributed by atoms with van der Waals surface area (Å²) in [5, 5.41) is 12.6. The van der Waals surface area contributed by atoms with Gasteiger partial charge in [0.25, 0.3) is 0 Å². The van der Waals surface area contributed by atoms with Crippen LogP contribution in [0.1, 0.15) is 18.9 Å². The summed E-state index contributed by atoms with van der Waals surface area (Å²) in [4.78, 5) is 28.8. The van der Waals surface area contributed by atoms with Crippen molar-refractivity contribution >= 4 is 22.6 Å². The largest absolute Gasteiger partial charge is 0.369 e. The lowest BCUT2D eigenvalue weighted by Gasteiger charge is -2.37. The zero-order valence-corrected chi connectivity index (χ0v) is 18.4. The molecule has 2 fully saturated rings. The highest BCUT2D eigenvalue weighted by Gasteiger charge is 2.31. The van der Waals surface area contributed by atoms with Gasteiger partial charge in [-0.05, 0) is 31.5 Å². The van der Waals surface area contributed by atoms with Crippen LogP contribution in [0.15, 0.2) is 24.5 Å². The smallest absolute Gasteiger partial charge is 0.224 e. The predicted octanol–water partition coefficient (Wildman–Crippen LogP) is 1.33. The molecule has 3 heterocycles. The monoisotopic (exact) mass is 421 g/mol. The van der Waals surface area contributed by atoms with Crippen LogP contribution in [0.3, 0.4) is 0 Å².